The molecule has 0 heterocycles. The zero-order chi connectivity index (χ0) is 17.5. The van der Waals surface area contributed by atoms with Gasteiger partial charge in [0.15, 0.2) is 5.78 Å². The van der Waals surface area contributed by atoms with Gasteiger partial charge in [0, 0.05) is 17.7 Å². The first-order chi connectivity index (χ1) is 11.6. The molecule has 0 aliphatic heterocycles. The zero-order valence-corrected chi connectivity index (χ0v) is 12.9. The van der Waals surface area contributed by atoms with Crippen LogP contribution in [0.5, 0.6) is 11.5 Å². The molecular formula is C18H16O6. The predicted octanol–water partition coefficient (Wildman–Crippen LogP) is 3.23. The van der Waals surface area contributed by atoms with Gasteiger partial charge in [0.05, 0.1) is 24.5 Å². The second-order valence-corrected chi connectivity index (χ2v) is 4.79. The Morgan fingerprint density at radius 2 is 1.88 bits per heavy atom. The molecule has 2 aromatic rings. The molecule has 24 heavy (non-hydrogen) atoms. The molecule has 0 aromatic heterocycles. The normalized spacial score (nSPS) is 10.5. The van der Waals surface area contributed by atoms with Crippen molar-refractivity contribution in [3.63, 3.8) is 0 Å². The number of benzene rings is 2. The lowest BCUT2D eigenvalue weighted by Gasteiger charge is -2.12. The van der Waals surface area contributed by atoms with Crippen LogP contribution in [0.1, 0.15) is 26.3 Å². The number of rotatable bonds is 7. The predicted molar refractivity (Wildman–Crippen MR) is 86.8 cm³/mol. The maximum Gasteiger partial charge on any atom is 0.336 e. The molecule has 0 saturated heterocycles. The topological polar surface area (TPSA) is 93.1 Å². The average Bonchev–Trinajstić information content (AvgIpc) is 2.60. The molecule has 0 aliphatic rings. The van der Waals surface area contributed by atoms with Crippen molar-refractivity contribution < 1.29 is 29.3 Å². The molecule has 0 radical (unpaired) electrons. The number of methoxy groups -OCH3 is 1. The monoisotopic (exact) mass is 328 g/mol. The number of allylic oxidation sites excluding steroid dienone is 1. The van der Waals surface area contributed by atoms with Crippen LogP contribution in [0.25, 0.3) is 0 Å². The van der Waals surface area contributed by atoms with E-state index in [0.29, 0.717) is 17.6 Å². The summed E-state index contributed by atoms with van der Waals surface area (Å²) in [6.07, 6.45) is 1.65. The lowest BCUT2D eigenvalue weighted by molar-refractivity contribution is 0.0693. The minimum Gasteiger partial charge on any atom is -0.515 e. The van der Waals surface area contributed by atoms with Gasteiger partial charge < -0.3 is 19.7 Å². The molecule has 0 unspecified atom stereocenters. The Hall–Kier alpha value is -3.28. The van der Waals surface area contributed by atoms with Gasteiger partial charge in [-0.3, -0.25) is 4.79 Å². The summed E-state index contributed by atoms with van der Waals surface area (Å²) in [7, 11) is 1.48. The highest BCUT2D eigenvalue weighted by atomic mass is 16.5. The Balaban J connectivity index is 2.32. The summed E-state index contributed by atoms with van der Waals surface area (Å²) >= 11 is 0. The highest BCUT2D eigenvalue weighted by Crippen LogP contribution is 2.27. The highest BCUT2D eigenvalue weighted by molar-refractivity contribution is 6.06. The first-order valence-corrected chi connectivity index (χ1v) is 7.04. The molecule has 2 aromatic carbocycles. The summed E-state index contributed by atoms with van der Waals surface area (Å²) in [4.78, 5) is 23.2. The van der Waals surface area contributed by atoms with Gasteiger partial charge in [0.25, 0.3) is 0 Å². The number of ketones is 1. The molecule has 2 N–H and O–H groups in total. The number of aliphatic hydroxyl groups excluding tert-OH is 1. The van der Waals surface area contributed by atoms with Gasteiger partial charge in [-0.25, -0.2) is 4.79 Å². The van der Waals surface area contributed by atoms with Gasteiger partial charge in [-0.2, -0.15) is 0 Å². The molecular weight excluding hydrogens is 312 g/mol. The van der Waals surface area contributed by atoms with Crippen LogP contribution >= 0.6 is 0 Å². The van der Waals surface area contributed by atoms with E-state index in [4.69, 9.17) is 14.6 Å². The molecule has 0 atom stereocenters. The fourth-order valence-electron chi connectivity index (χ4n) is 2.12. The van der Waals surface area contributed by atoms with Gasteiger partial charge in [-0.1, -0.05) is 18.2 Å². The van der Waals surface area contributed by atoms with Crippen molar-refractivity contribution in [3.8, 4) is 11.5 Å². The van der Waals surface area contributed by atoms with E-state index in [0.717, 1.165) is 6.08 Å². The lowest BCUT2D eigenvalue weighted by atomic mass is 10.1. The standard InChI is InChI=1S/C18H16O6/c1-23-13-6-7-15(16(20)8-9-19)17(10-13)24-11-12-4-2-3-5-14(12)18(21)22/h2-10,19H,11H2,1H3,(H,21,22)/b9-8+. The number of hydrogen-bond acceptors (Lipinski definition) is 5. The third kappa shape index (κ3) is 3.92. The molecule has 0 aliphatic carbocycles. The maximum absolute atomic E-state index is 12.0. The van der Waals surface area contributed by atoms with Crippen molar-refractivity contribution in [1.82, 2.24) is 0 Å². The van der Waals surface area contributed by atoms with Gasteiger partial charge >= 0.3 is 5.97 Å². The molecule has 0 spiro atoms. The fourth-order valence-corrected chi connectivity index (χ4v) is 2.12. The van der Waals surface area contributed by atoms with Crippen LogP contribution in [-0.2, 0) is 6.61 Å². The van der Waals surface area contributed by atoms with Crippen LogP contribution in [0.3, 0.4) is 0 Å². The van der Waals surface area contributed by atoms with E-state index in [1.165, 1.54) is 25.3 Å². The first-order valence-electron chi connectivity index (χ1n) is 7.04. The largest absolute Gasteiger partial charge is 0.515 e. The van der Waals surface area contributed by atoms with Crippen molar-refractivity contribution >= 4 is 11.8 Å². The zero-order valence-electron chi connectivity index (χ0n) is 12.9. The van der Waals surface area contributed by atoms with E-state index in [1.54, 1.807) is 24.3 Å². The van der Waals surface area contributed by atoms with Crippen LogP contribution in [-0.4, -0.2) is 29.1 Å². The Morgan fingerprint density at radius 1 is 1.12 bits per heavy atom. The molecule has 0 amide bonds. The second kappa shape index (κ2) is 7.82. The third-order valence-electron chi connectivity index (χ3n) is 3.31. The first kappa shape index (κ1) is 17.1. The summed E-state index contributed by atoms with van der Waals surface area (Å²) in [5, 5.41) is 18.0. The Bertz CT molecular complexity index is 779. The van der Waals surface area contributed by atoms with Gasteiger partial charge in [0.1, 0.15) is 18.1 Å². The van der Waals surface area contributed by atoms with Crippen molar-refractivity contribution in [2.24, 2.45) is 0 Å². The summed E-state index contributed by atoms with van der Waals surface area (Å²) in [5.74, 6) is -0.778. The summed E-state index contributed by atoms with van der Waals surface area (Å²) < 4.78 is 10.8. The van der Waals surface area contributed by atoms with E-state index in [-0.39, 0.29) is 23.5 Å². The summed E-state index contributed by atoms with van der Waals surface area (Å²) in [5.41, 5.74) is 0.835. The van der Waals surface area contributed by atoms with Gasteiger partial charge in [-0.15, -0.1) is 0 Å². The van der Waals surface area contributed by atoms with Crippen LogP contribution in [0, 0.1) is 0 Å². The van der Waals surface area contributed by atoms with Gasteiger partial charge in [0.2, 0.25) is 0 Å². The number of aromatic carboxylic acids is 1. The van der Waals surface area contributed by atoms with Crippen LogP contribution in [0.4, 0.5) is 0 Å². The highest BCUT2D eigenvalue weighted by Gasteiger charge is 2.14. The van der Waals surface area contributed by atoms with E-state index < -0.39 is 11.8 Å². The Morgan fingerprint density at radius 3 is 2.54 bits per heavy atom. The van der Waals surface area contributed by atoms with E-state index in [1.807, 2.05) is 0 Å². The van der Waals surface area contributed by atoms with Crippen LogP contribution < -0.4 is 9.47 Å². The second-order valence-electron chi connectivity index (χ2n) is 4.79. The number of aliphatic hydroxyl groups is 1. The molecule has 0 fully saturated rings. The van der Waals surface area contributed by atoms with E-state index in [9.17, 15) is 14.7 Å². The minimum absolute atomic E-state index is 0.0290. The van der Waals surface area contributed by atoms with Crippen LogP contribution in [0.15, 0.2) is 54.8 Å². The van der Waals surface area contributed by atoms with Gasteiger partial charge in [-0.05, 0) is 18.2 Å². The van der Waals surface area contributed by atoms with Crippen LogP contribution in [0.2, 0.25) is 0 Å². The van der Waals surface area contributed by atoms with Crippen molar-refractivity contribution in [3.05, 3.63) is 71.5 Å². The lowest BCUT2D eigenvalue weighted by Crippen LogP contribution is -2.07. The molecule has 0 bridgehead atoms. The molecule has 2 rings (SSSR count). The molecule has 0 saturated carbocycles. The molecule has 6 nitrogen and oxygen atoms in total. The number of carbonyl (C=O) groups is 2. The quantitative estimate of drug-likeness (QED) is 0.460. The van der Waals surface area contributed by atoms with Crippen molar-refractivity contribution in [2.75, 3.05) is 7.11 Å². The average molecular weight is 328 g/mol. The summed E-state index contributed by atoms with van der Waals surface area (Å²) in [6, 6.07) is 11.1. The summed E-state index contributed by atoms with van der Waals surface area (Å²) in [6.45, 7) is -0.0290. The molecule has 6 heteroatoms. The van der Waals surface area contributed by atoms with E-state index in [2.05, 4.69) is 0 Å². The minimum atomic E-state index is -1.06. The van der Waals surface area contributed by atoms with E-state index >= 15 is 0 Å². The number of carbonyl (C=O) groups excluding carboxylic acids is 1. The third-order valence-corrected chi connectivity index (χ3v) is 3.31. The number of carboxylic acid groups (broad SMARTS) is 1. The van der Waals surface area contributed by atoms with Crippen molar-refractivity contribution in [1.29, 1.82) is 0 Å². The number of hydrogen-bond donors (Lipinski definition) is 2. The van der Waals surface area contributed by atoms with Crippen molar-refractivity contribution in [2.45, 2.75) is 6.61 Å². The number of ether oxygens (including phenoxy) is 2. The SMILES string of the molecule is COc1ccc(C(=O)/C=C/O)c(OCc2ccccc2C(=O)O)c1. The fraction of sp³-hybridized carbons (Fsp3) is 0.111. The maximum atomic E-state index is 12.0. The smallest absolute Gasteiger partial charge is 0.336 e. The number of carboxylic acids is 1. The Kier molecular flexibility index (Phi) is 5.57. The Labute approximate surface area is 138 Å². The molecule has 124 valence electrons.